The second-order valence-corrected chi connectivity index (χ2v) is 3.21. The number of carbonyl (C=O) groups is 1. The summed E-state index contributed by atoms with van der Waals surface area (Å²) >= 11 is 0. The lowest BCUT2D eigenvalue weighted by atomic mass is 10.1. The van der Waals surface area contributed by atoms with Crippen LogP contribution in [-0.4, -0.2) is 10.9 Å². The summed E-state index contributed by atoms with van der Waals surface area (Å²) in [7, 11) is 1.97. The van der Waals surface area contributed by atoms with Crippen molar-refractivity contribution in [2.24, 2.45) is 7.05 Å². The number of aromatic nitrogens is 1. The molecule has 0 aliphatic heterocycles. The van der Waals surface area contributed by atoms with Gasteiger partial charge in [0, 0.05) is 30.1 Å². The fourth-order valence-electron chi connectivity index (χ4n) is 1.57. The number of hydrogen-bond acceptors (Lipinski definition) is 1. The third-order valence-electron chi connectivity index (χ3n) is 2.31. The number of aldehydes is 1. The van der Waals surface area contributed by atoms with Gasteiger partial charge in [-0.25, -0.2) is 0 Å². The molecule has 0 radical (unpaired) electrons. The second-order valence-electron chi connectivity index (χ2n) is 3.21. The first-order valence-electron chi connectivity index (χ1n) is 4.49. The van der Waals surface area contributed by atoms with Gasteiger partial charge in [-0.1, -0.05) is 24.3 Å². The Morgan fingerprint density at radius 2 is 1.93 bits per heavy atom. The van der Waals surface area contributed by atoms with Crippen molar-refractivity contribution in [3.05, 3.63) is 48.2 Å². The number of aryl methyl sites for hydroxylation is 1. The zero-order valence-corrected chi connectivity index (χ0v) is 7.97. The minimum atomic E-state index is 0.731. The molecule has 1 aromatic carbocycles. The third kappa shape index (κ3) is 1.35. The van der Waals surface area contributed by atoms with Crippen molar-refractivity contribution >= 4 is 6.29 Å². The molecule has 0 saturated heterocycles. The largest absolute Gasteiger partial charge is 0.351 e. The quantitative estimate of drug-likeness (QED) is 0.659. The van der Waals surface area contributed by atoms with Gasteiger partial charge in [0.25, 0.3) is 0 Å². The molecule has 70 valence electrons. The molecule has 0 bridgehead atoms. The Balaban J connectivity index is 2.62. The Hall–Kier alpha value is -1.83. The van der Waals surface area contributed by atoms with Crippen molar-refractivity contribution in [1.29, 1.82) is 0 Å². The molecule has 2 nitrogen and oxygen atoms in total. The van der Waals surface area contributed by atoms with Crippen molar-refractivity contribution in [2.45, 2.75) is 0 Å². The number of hydrogen-bond donors (Lipinski definition) is 0. The van der Waals surface area contributed by atoms with Crippen LogP contribution in [0.25, 0.3) is 11.3 Å². The predicted octanol–water partition coefficient (Wildman–Crippen LogP) is 2.50. The molecule has 0 amide bonds. The van der Waals surface area contributed by atoms with Crippen LogP contribution < -0.4 is 0 Å². The summed E-state index contributed by atoms with van der Waals surface area (Å²) in [5.41, 5.74) is 2.78. The molecule has 1 heterocycles. The van der Waals surface area contributed by atoms with Gasteiger partial charge in [0.1, 0.15) is 0 Å². The van der Waals surface area contributed by atoms with Crippen LogP contribution in [0.3, 0.4) is 0 Å². The van der Waals surface area contributed by atoms with Crippen LogP contribution in [0.1, 0.15) is 10.4 Å². The molecular formula is C12H11NO. The van der Waals surface area contributed by atoms with E-state index in [1.165, 1.54) is 0 Å². The third-order valence-corrected chi connectivity index (χ3v) is 2.31. The molecule has 2 rings (SSSR count). The molecular weight excluding hydrogens is 174 g/mol. The van der Waals surface area contributed by atoms with Crippen LogP contribution in [-0.2, 0) is 7.05 Å². The molecule has 0 atom stereocenters. The number of carbonyl (C=O) groups excluding carboxylic acids is 1. The van der Waals surface area contributed by atoms with E-state index >= 15 is 0 Å². The van der Waals surface area contributed by atoms with Gasteiger partial charge in [-0.15, -0.1) is 0 Å². The first kappa shape index (κ1) is 8.75. The zero-order chi connectivity index (χ0) is 9.97. The van der Waals surface area contributed by atoms with Crippen LogP contribution in [0.4, 0.5) is 0 Å². The van der Waals surface area contributed by atoms with E-state index in [1.807, 2.05) is 54.2 Å². The fraction of sp³-hybridized carbons (Fsp3) is 0.0833. The molecule has 0 fully saturated rings. The van der Waals surface area contributed by atoms with E-state index in [-0.39, 0.29) is 0 Å². The lowest BCUT2D eigenvalue weighted by Gasteiger charge is -2.05. The van der Waals surface area contributed by atoms with Crippen LogP contribution in [0.5, 0.6) is 0 Å². The summed E-state index contributed by atoms with van der Waals surface area (Å²) in [4.78, 5) is 10.8. The van der Waals surface area contributed by atoms with Crippen LogP contribution in [0, 0.1) is 0 Å². The summed E-state index contributed by atoms with van der Waals surface area (Å²) in [6.07, 6.45) is 2.86. The summed E-state index contributed by atoms with van der Waals surface area (Å²) in [5, 5.41) is 0. The normalized spacial score (nSPS) is 10.1. The van der Waals surface area contributed by atoms with Crippen molar-refractivity contribution in [2.75, 3.05) is 0 Å². The molecule has 2 aromatic rings. The molecule has 0 aliphatic rings. The number of nitrogens with zero attached hydrogens (tertiary/aromatic N) is 1. The minimum Gasteiger partial charge on any atom is -0.351 e. The highest BCUT2D eigenvalue weighted by molar-refractivity contribution is 5.86. The second kappa shape index (κ2) is 3.50. The van der Waals surface area contributed by atoms with Gasteiger partial charge in [0.2, 0.25) is 0 Å². The summed E-state index contributed by atoms with van der Waals surface area (Å²) in [5.74, 6) is 0. The van der Waals surface area contributed by atoms with Crippen LogP contribution >= 0.6 is 0 Å². The molecule has 0 spiro atoms. The van der Waals surface area contributed by atoms with E-state index in [9.17, 15) is 4.79 Å². The van der Waals surface area contributed by atoms with Crippen LogP contribution in [0.2, 0.25) is 0 Å². The summed E-state index contributed by atoms with van der Waals surface area (Å²) < 4.78 is 2.00. The SMILES string of the molecule is Cn1cccc1-c1ccccc1C=O. The highest BCUT2D eigenvalue weighted by atomic mass is 16.1. The van der Waals surface area contributed by atoms with Gasteiger partial charge in [-0.2, -0.15) is 0 Å². The van der Waals surface area contributed by atoms with E-state index in [2.05, 4.69) is 0 Å². The molecule has 0 saturated carbocycles. The lowest BCUT2D eigenvalue weighted by Crippen LogP contribution is -1.93. The maximum absolute atomic E-state index is 10.8. The average Bonchev–Trinajstić information content (AvgIpc) is 2.64. The van der Waals surface area contributed by atoms with Crippen molar-refractivity contribution < 1.29 is 4.79 Å². The van der Waals surface area contributed by atoms with E-state index in [1.54, 1.807) is 0 Å². The van der Waals surface area contributed by atoms with E-state index in [0.717, 1.165) is 23.1 Å². The van der Waals surface area contributed by atoms with E-state index < -0.39 is 0 Å². The van der Waals surface area contributed by atoms with E-state index in [0.29, 0.717) is 0 Å². The molecule has 0 N–H and O–H groups in total. The summed E-state index contributed by atoms with van der Waals surface area (Å²) in [6.45, 7) is 0. The highest BCUT2D eigenvalue weighted by Gasteiger charge is 2.05. The Morgan fingerprint density at radius 3 is 2.57 bits per heavy atom. The van der Waals surface area contributed by atoms with Gasteiger partial charge in [-0.05, 0) is 12.1 Å². The fourth-order valence-corrected chi connectivity index (χ4v) is 1.57. The van der Waals surface area contributed by atoms with Gasteiger partial charge in [0.15, 0.2) is 6.29 Å². The van der Waals surface area contributed by atoms with Gasteiger partial charge in [-0.3, -0.25) is 4.79 Å². The topological polar surface area (TPSA) is 22.0 Å². The molecule has 2 heteroatoms. The minimum absolute atomic E-state index is 0.731. The Morgan fingerprint density at radius 1 is 1.14 bits per heavy atom. The standard InChI is InChI=1S/C12H11NO/c1-13-8-4-7-12(13)11-6-3-2-5-10(11)9-14/h2-9H,1H3. The lowest BCUT2D eigenvalue weighted by molar-refractivity contribution is 0.112. The van der Waals surface area contributed by atoms with Crippen molar-refractivity contribution in [3.63, 3.8) is 0 Å². The van der Waals surface area contributed by atoms with Crippen LogP contribution in [0.15, 0.2) is 42.6 Å². The Bertz CT molecular complexity index is 457. The van der Waals surface area contributed by atoms with Crippen molar-refractivity contribution in [1.82, 2.24) is 4.57 Å². The van der Waals surface area contributed by atoms with Gasteiger partial charge in [0.05, 0.1) is 0 Å². The maximum atomic E-state index is 10.8. The number of rotatable bonds is 2. The molecule has 0 unspecified atom stereocenters. The van der Waals surface area contributed by atoms with Gasteiger partial charge < -0.3 is 4.57 Å². The highest BCUT2D eigenvalue weighted by Crippen LogP contribution is 2.22. The Kier molecular flexibility index (Phi) is 2.19. The maximum Gasteiger partial charge on any atom is 0.150 e. The van der Waals surface area contributed by atoms with Gasteiger partial charge >= 0.3 is 0 Å². The van der Waals surface area contributed by atoms with Crippen molar-refractivity contribution in [3.8, 4) is 11.3 Å². The monoisotopic (exact) mass is 185 g/mol. The zero-order valence-electron chi connectivity index (χ0n) is 7.97. The molecule has 1 aromatic heterocycles. The Labute approximate surface area is 82.8 Å². The smallest absolute Gasteiger partial charge is 0.150 e. The number of benzene rings is 1. The average molecular weight is 185 g/mol. The molecule has 0 aliphatic carbocycles. The van der Waals surface area contributed by atoms with E-state index in [4.69, 9.17) is 0 Å². The predicted molar refractivity (Wildman–Crippen MR) is 56.2 cm³/mol. The molecule has 14 heavy (non-hydrogen) atoms. The first-order chi connectivity index (χ1) is 6.83. The first-order valence-corrected chi connectivity index (χ1v) is 4.49. The summed E-state index contributed by atoms with van der Waals surface area (Å²) in [6, 6.07) is 11.6.